The van der Waals surface area contributed by atoms with Crippen molar-refractivity contribution in [2.75, 3.05) is 26.7 Å². The van der Waals surface area contributed by atoms with Crippen LogP contribution in [0.15, 0.2) is 12.3 Å². The molecule has 2 fully saturated rings. The standard InChI is InChI=1S/C13H20N4O2/c1-10(2)17-11(4-5-14-17)6-16-8-13(9-16)7-15(3)12(18)19-13/h4-5,10H,6-9H2,1-3H3. The van der Waals surface area contributed by atoms with E-state index in [0.717, 1.165) is 19.6 Å². The van der Waals surface area contributed by atoms with Crippen LogP contribution < -0.4 is 0 Å². The van der Waals surface area contributed by atoms with Crippen LogP contribution in [0, 0.1) is 0 Å². The highest BCUT2D eigenvalue weighted by atomic mass is 16.6. The molecule has 0 unspecified atom stereocenters. The zero-order chi connectivity index (χ0) is 13.6. The van der Waals surface area contributed by atoms with Gasteiger partial charge in [-0.25, -0.2) is 4.79 Å². The minimum atomic E-state index is -0.269. The van der Waals surface area contributed by atoms with Gasteiger partial charge in [-0.2, -0.15) is 5.10 Å². The van der Waals surface area contributed by atoms with Gasteiger partial charge in [-0.3, -0.25) is 9.58 Å². The molecule has 0 aromatic carbocycles. The molecular weight excluding hydrogens is 244 g/mol. The number of amides is 1. The lowest BCUT2D eigenvalue weighted by Crippen LogP contribution is -2.63. The van der Waals surface area contributed by atoms with Crippen LogP contribution in [0.3, 0.4) is 0 Å². The molecule has 0 aliphatic carbocycles. The van der Waals surface area contributed by atoms with E-state index in [-0.39, 0.29) is 11.7 Å². The second kappa shape index (κ2) is 4.23. The number of hydrogen-bond donors (Lipinski definition) is 0. The summed E-state index contributed by atoms with van der Waals surface area (Å²) in [7, 11) is 1.79. The van der Waals surface area contributed by atoms with E-state index < -0.39 is 0 Å². The molecule has 19 heavy (non-hydrogen) atoms. The van der Waals surface area contributed by atoms with Crippen LogP contribution in [0.1, 0.15) is 25.6 Å². The molecule has 1 aromatic rings. The van der Waals surface area contributed by atoms with E-state index in [9.17, 15) is 4.79 Å². The summed E-state index contributed by atoms with van der Waals surface area (Å²) < 4.78 is 7.49. The van der Waals surface area contributed by atoms with E-state index in [0.29, 0.717) is 12.6 Å². The van der Waals surface area contributed by atoms with E-state index in [1.807, 2.05) is 10.9 Å². The van der Waals surface area contributed by atoms with Gasteiger partial charge in [0, 0.05) is 38.9 Å². The quantitative estimate of drug-likeness (QED) is 0.820. The number of likely N-dealkylation sites (N-methyl/N-ethyl adjacent to an activating group) is 1. The molecule has 2 aliphatic rings. The first-order valence-corrected chi connectivity index (χ1v) is 6.68. The normalized spacial score (nSPS) is 22.1. The third kappa shape index (κ3) is 2.10. The summed E-state index contributed by atoms with van der Waals surface area (Å²) in [5.74, 6) is 0. The number of rotatable bonds is 3. The van der Waals surface area contributed by atoms with Gasteiger partial charge in [0.25, 0.3) is 0 Å². The largest absolute Gasteiger partial charge is 0.438 e. The molecule has 1 aromatic heterocycles. The molecule has 104 valence electrons. The molecule has 0 saturated carbocycles. The van der Waals surface area contributed by atoms with Crippen LogP contribution in [0.5, 0.6) is 0 Å². The fourth-order valence-electron chi connectivity index (χ4n) is 3.00. The predicted octanol–water partition coefficient (Wildman–Crippen LogP) is 1.10. The Kier molecular flexibility index (Phi) is 2.78. The molecule has 2 saturated heterocycles. The highest BCUT2D eigenvalue weighted by Gasteiger charge is 2.52. The highest BCUT2D eigenvalue weighted by molar-refractivity contribution is 5.70. The van der Waals surface area contributed by atoms with Crippen molar-refractivity contribution in [1.29, 1.82) is 0 Å². The van der Waals surface area contributed by atoms with Crippen molar-refractivity contribution >= 4 is 6.09 Å². The number of likely N-dealkylation sites (tertiary alicyclic amines) is 1. The van der Waals surface area contributed by atoms with Crippen molar-refractivity contribution in [3.05, 3.63) is 18.0 Å². The summed E-state index contributed by atoms with van der Waals surface area (Å²) in [5, 5.41) is 4.34. The lowest BCUT2D eigenvalue weighted by molar-refractivity contribution is -0.0782. The summed E-state index contributed by atoms with van der Waals surface area (Å²) in [6.07, 6.45) is 1.64. The number of hydrogen-bond acceptors (Lipinski definition) is 4. The first-order chi connectivity index (χ1) is 8.99. The van der Waals surface area contributed by atoms with Gasteiger partial charge in [-0.15, -0.1) is 0 Å². The van der Waals surface area contributed by atoms with Crippen molar-refractivity contribution in [3.63, 3.8) is 0 Å². The van der Waals surface area contributed by atoms with Gasteiger partial charge in [0.05, 0.1) is 12.2 Å². The first-order valence-electron chi connectivity index (χ1n) is 6.68. The Morgan fingerprint density at radius 3 is 2.74 bits per heavy atom. The topological polar surface area (TPSA) is 50.6 Å². The van der Waals surface area contributed by atoms with E-state index in [1.165, 1.54) is 5.69 Å². The Morgan fingerprint density at radius 1 is 1.42 bits per heavy atom. The van der Waals surface area contributed by atoms with Crippen molar-refractivity contribution in [2.24, 2.45) is 0 Å². The molecule has 2 aliphatic heterocycles. The lowest BCUT2D eigenvalue weighted by Gasteiger charge is -2.45. The Hall–Kier alpha value is -1.56. The van der Waals surface area contributed by atoms with Crippen LogP contribution in [0.4, 0.5) is 4.79 Å². The minimum absolute atomic E-state index is 0.202. The van der Waals surface area contributed by atoms with Crippen molar-refractivity contribution in [2.45, 2.75) is 32.0 Å². The monoisotopic (exact) mass is 264 g/mol. The smallest absolute Gasteiger partial charge is 0.410 e. The van der Waals surface area contributed by atoms with Gasteiger partial charge in [0.2, 0.25) is 0 Å². The lowest BCUT2D eigenvalue weighted by atomic mass is 9.94. The summed E-state index contributed by atoms with van der Waals surface area (Å²) in [6, 6.07) is 2.42. The molecule has 0 atom stereocenters. The average Bonchev–Trinajstić information content (AvgIpc) is 2.84. The summed E-state index contributed by atoms with van der Waals surface area (Å²) in [6.45, 7) is 7.44. The van der Waals surface area contributed by atoms with Crippen LogP contribution >= 0.6 is 0 Å². The molecule has 1 amide bonds. The van der Waals surface area contributed by atoms with Gasteiger partial charge in [-0.1, -0.05) is 0 Å². The van der Waals surface area contributed by atoms with Crippen molar-refractivity contribution in [3.8, 4) is 0 Å². The van der Waals surface area contributed by atoms with E-state index >= 15 is 0 Å². The maximum Gasteiger partial charge on any atom is 0.410 e. The molecular formula is C13H20N4O2. The van der Waals surface area contributed by atoms with Gasteiger partial charge < -0.3 is 9.64 Å². The molecule has 3 heterocycles. The van der Waals surface area contributed by atoms with Crippen molar-refractivity contribution in [1.82, 2.24) is 19.6 Å². The maximum atomic E-state index is 11.4. The van der Waals surface area contributed by atoms with Gasteiger partial charge in [0.15, 0.2) is 5.60 Å². The Bertz CT molecular complexity index is 491. The van der Waals surface area contributed by atoms with Gasteiger partial charge >= 0.3 is 6.09 Å². The third-order valence-corrected chi connectivity index (χ3v) is 3.79. The number of carbonyl (C=O) groups is 1. The summed E-state index contributed by atoms with van der Waals surface area (Å²) in [4.78, 5) is 15.4. The molecule has 3 rings (SSSR count). The SMILES string of the molecule is CC(C)n1nccc1CN1CC2(C1)CN(C)C(=O)O2. The minimum Gasteiger partial charge on any atom is -0.438 e. The zero-order valence-corrected chi connectivity index (χ0v) is 11.7. The van der Waals surface area contributed by atoms with Gasteiger partial charge in [0.1, 0.15) is 0 Å². The van der Waals surface area contributed by atoms with E-state index in [4.69, 9.17) is 4.74 Å². The number of aromatic nitrogens is 2. The fourth-order valence-corrected chi connectivity index (χ4v) is 3.00. The Labute approximate surface area is 112 Å². The van der Waals surface area contributed by atoms with Gasteiger partial charge in [-0.05, 0) is 19.9 Å². The molecule has 6 nitrogen and oxygen atoms in total. The predicted molar refractivity (Wildman–Crippen MR) is 69.7 cm³/mol. The maximum absolute atomic E-state index is 11.4. The second-order valence-electron chi connectivity index (χ2n) is 5.91. The number of carbonyl (C=O) groups excluding carboxylic acids is 1. The number of nitrogens with zero attached hydrogens (tertiary/aromatic N) is 4. The summed E-state index contributed by atoms with van der Waals surface area (Å²) in [5.41, 5.74) is 0.941. The van der Waals surface area contributed by atoms with Crippen LogP contribution in [0.2, 0.25) is 0 Å². The fraction of sp³-hybridized carbons (Fsp3) is 0.692. The molecule has 1 spiro atoms. The zero-order valence-electron chi connectivity index (χ0n) is 11.7. The van der Waals surface area contributed by atoms with Crippen LogP contribution in [-0.4, -0.2) is 58.0 Å². The molecule has 6 heteroatoms. The van der Waals surface area contributed by atoms with E-state index in [1.54, 1.807) is 11.9 Å². The molecule has 0 bridgehead atoms. The summed E-state index contributed by atoms with van der Waals surface area (Å²) >= 11 is 0. The van der Waals surface area contributed by atoms with Crippen LogP contribution in [-0.2, 0) is 11.3 Å². The molecule has 0 N–H and O–H groups in total. The second-order valence-corrected chi connectivity index (χ2v) is 5.91. The van der Waals surface area contributed by atoms with Crippen LogP contribution in [0.25, 0.3) is 0 Å². The Balaban J connectivity index is 1.60. The van der Waals surface area contributed by atoms with E-state index in [2.05, 4.69) is 29.9 Å². The Morgan fingerprint density at radius 2 is 2.16 bits per heavy atom. The average molecular weight is 264 g/mol. The number of ether oxygens (including phenoxy) is 1. The third-order valence-electron chi connectivity index (χ3n) is 3.79. The molecule has 0 radical (unpaired) electrons. The first kappa shape index (κ1) is 12.5. The highest BCUT2D eigenvalue weighted by Crippen LogP contribution is 2.32. The van der Waals surface area contributed by atoms with Crippen molar-refractivity contribution < 1.29 is 9.53 Å².